The first-order valence-electron chi connectivity index (χ1n) is 6.87. The Bertz CT molecular complexity index is 508. The maximum Gasteiger partial charge on any atom is 0.295 e. The number of amides is 1. The van der Waals surface area contributed by atoms with Gasteiger partial charge in [0.1, 0.15) is 0 Å². The van der Waals surface area contributed by atoms with E-state index in [1.54, 1.807) is 24.3 Å². The summed E-state index contributed by atoms with van der Waals surface area (Å²) in [4.78, 5) is 18.4. The normalized spacial score (nSPS) is 15.8. The monoisotopic (exact) mass is 294 g/mol. The van der Waals surface area contributed by atoms with Crippen LogP contribution in [0.25, 0.3) is 0 Å². The van der Waals surface area contributed by atoms with Crippen LogP contribution < -0.4 is 0 Å². The van der Waals surface area contributed by atoms with Crippen LogP contribution in [0.1, 0.15) is 37.0 Å². The van der Waals surface area contributed by atoms with Gasteiger partial charge in [0.25, 0.3) is 11.9 Å². The first kappa shape index (κ1) is 14.9. The zero-order valence-corrected chi connectivity index (χ0v) is 12.6. The van der Waals surface area contributed by atoms with Gasteiger partial charge in [-0.3, -0.25) is 4.79 Å². The molecule has 1 aliphatic rings. The van der Waals surface area contributed by atoms with Crippen LogP contribution in [0, 0.1) is 0 Å². The topological polar surface area (TPSA) is 41.9 Å². The summed E-state index contributed by atoms with van der Waals surface area (Å²) in [7, 11) is 0. The van der Waals surface area contributed by atoms with Crippen LogP contribution in [0.3, 0.4) is 0 Å². The zero-order chi connectivity index (χ0) is 14.5. The smallest absolute Gasteiger partial charge is 0.295 e. The molecule has 1 saturated heterocycles. The maximum atomic E-state index is 12.2. The molecule has 1 aliphatic heterocycles. The van der Waals surface area contributed by atoms with Gasteiger partial charge in [-0.25, -0.2) is 0 Å². The molecular formula is C15H19ClN2O2. The van der Waals surface area contributed by atoms with Crippen molar-refractivity contribution in [2.75, 3.05) is 13.1 Å². The number of benzene rings is 1. The number of likely N-dealkylation sites (tertiary alicyclic amines) is 1. The first-order valence-corrected chi connectivity index (χ1v) is 7.25. The van der Waals surface area contributed by atoms with Gasteiger partial charge in [-0.1, -0.05) is 23.7 Å². The number of carbonyl (C=O) groups is 1. The lowest BCUT2D eigenvalue weighted by atomic mass is 10.2. The average molecular weight is 295 g/mol. The molecule has 0 N–H and O–H groups in total. The van der Waals surface area contributed by atoms with Gasteiger partial charge < -0.3 is 9.64 Å². The second-order valence-electron chi connectivity index (χ2n) is 5.04. The lowest BCUT2D eigenvalue weighted by molar-refractivity contribution is 0.0990. The van der Waals surface area contributed by atoms with Crippen molar-refractivity contribution in [1.29, 1.82) is 0 Å². The number of halogens is 1. The molecule has 5 heteroatoms. The maximum absolute atomic E-state index is 12.2. The summed E-state index contributed by atoms with van der Waals surface area (Å²) in [6.45, 7) is 5.60. The van der Waals surface area contributed by atoms with E-state index in [2.05, 4.69) is 4.99 Å². The van der Waals surface area contributed by atoms with Gasteiger partial charge in [0.05, 0.1) is 16.7 Å². The van der Waals surface area contributed by atoms with Gasteiger partial charge in [0.15, 0.2) is 0 Å². The Labute approximate surface area is 124 Å². The third-order valence-electron chi connectivity index (χ3n) is 3.02. The quantitative estimate of drug-likeness (QED) is 0.620. The summed E-state index contributed by atoms with van der Waals surface area (Å²) in [5, 5.41) is 0.409. The Kier molecular flexibility index (Phi) is 5.01. The summed E-state index contributed by atoms with van der Waals surface area (Å²) < 4.78 is 5.68. The van der Waals surface area contributed by atoms with Gasteiger partial charge in [-0.15, -0.1) is 0 Å². The molecule has 4 nitrogen and oxygen atoms in total. The van der Waals surface area contributed by atoms with Crippen molar-refractivity contribution in [3.05, 3.63) is 34.9 Å². The van der Waals surface area contributed by atoms with Crippen LogP contribution in [0.2, 0.25) is 5.02 Å². The van der Waals surface area contributed by atoms with Gasteiger partial charge in [0, 0.05) is 13.1 Å². The molecule has 108 valence electrons. The van der Waals surface area contributed by atoms with Crippen LogP contribution >= 0.6 is 11.6 Å². The van der Waals surface area contributed by atoms with E-state index in [0.717, 1.165) is 25.9 Å². The Morgan fingerprint density at radius 1 is 1.30 bits per heavy atom. The molecular weight excluding hydrogens is 276 g/mol. The van der Waals surface area contributed by atoms with Crippen molar-refractivity contribution < 1.29 is 9.53 Å². The van der Waals surface area contributed by atoms with Gasteiger partial charge in [0.2, 0.25) is 0 Å². The third kappa shape index (κ3) is 3.73. The Hall–Kier alpha value is -1.55. The zero-order valence-electron chi connectivity index (χ0n) is 11.8. The highest BCUT2D eigenvalue weighted by molar-refractivity contribution is 6.34. The number of hydrogen-bond acceptors (Lipinski definition) is 2. The number of amidine groups is 1. The molecule has 0 unspecified atom stereocenters. The van der Waals surface area contributed by atoms with Crippen LogP contribution in [0.4, 0.5) is 0 Å². The number of rotatable bonds is 2. The predicted molar refractivity (Wildman–Crippen MR) is 80.2 cm³/mol. The highest BCUT2D eigenvalue weighted by atomic mass is 35.5. The predicted octanol–water partition coefficient (Wildman–Crippen LogP) is 3.36. The van der Waals surface area contributed by atoms with Gasteiger partial charge in [-0.2, -0.15) is 4.99 Å². The van der Waals surface area contributed by atoms with Crippen molar-refractivity contribution in [1.82, 2.24) is 4.90 Å². The number of nitrogens with zero attached hydrogens (tertiary/aromatic N) is 2. The Morgan fingerprint density at radius 3 is 2.55 bits per heavy atom. The minimum atomic E-state index is -0.363. The molecule has 20 heavy (non-hydrogen) atoms. The molecule has 1 fully saturated rings. The molecule has 0 aliphatic carbocycles. The highest BCUT2D eigenvalue weighted by Crippen LogP contribution is 2.17. The van der Waals surface area contributed by atoms with E-state index in [0.29, 0.717) is 16.6 Å². The van der Waals surface area contributed by atoms with Crippen LogP contribution in [0.5, 0.6) is 0 Å². The van der Waals surface area contributed by atoms with Crippen LogP contribution in [-0.4, -0.2) is 36.0 Å². The Balaban J connectivity index is 2.23. The number of hydrogen-bond donors (Lipinski definition) is 0. The second-order valence-corrected chi connectivity index (χ2v) is 5.45. The lowest BCUT2D eigenvalue weighted by Crippen LogP contribution is -2.32. The molecule has 0 bridgehead atoms. The fraction of sp³-hybridized carbons (Fsp3) is 0.467. The number of carbonyl (C=O) groups excluding carboxylic acids is 1. The summed E-state index contributed by atoms with van der Waals surface area (Å²) in [5.74, 6) is -0.363. The third-order valence-corrected chi connectivity index (χ3v) is 3.35. The SMILES string of the molecule is CC(C)OC(=NC(=O)c1ccccc1Cl)N1CCCC1. The molecule has 0 radical (unpaired) electrons. The van der Waals surface area contributed by atoms with E-state index in [1.807, 2.05) is 18.7 Å². The van der Waals surface area contributed by atoms with E-state index in [9.17, 15) is 4.79 Å². The fourth-order valence-corrected chi connectivity index (χ4v) is 2.29. The summed E-state index contributed by atoms with van der Waals surface area (Å²) in [6, 6.07) is 7.32. The number of ether oxygens (including phenoxy) is 1. The van der Waals surface area contributed by atoms with E-state index >= 15 is 0 Å². The molecule has 0 aromatic heterocycles. The standard InChI is InChI=1S/C15H19ClN2O2/c1-11(2)20-15(18-9-5-6-10-18)17-14(19)12-7-3-4-8-13(12)16/h3-4,7-8,11H,5-6,9-10H2,1-2H3. The molecule has 1 heterocycles. The molecule has 0 atom stereocenters. The minimum absolute atomic E-state index is 0.0200. The van der Waals surface area contributed by atoms with Crippen molar-refractivity contribution >= 4 is 23.5 Å². The molecule has 2 rings (SSSR count). The van der Waals surface area contributed by atoms with E-state index < -0.39 is 0 Å². The molecule has 1 aromatic rings. The summed E-state index contributed by atoms with van der Waals surface area (Å²) in [5.41, 5.74) is 0.401. The van der Waals surface area contributed by atoms with E-state index in [1.165, 1.54) is 0 Å². The average Bonchev–Trinajstić information content (AvgIpc) is 2.91. The first-order chi connectivity index (χ1) is 9.58. The largest absolute Gasteiger partial charge is 0.462 e. The van der Waals surface area contributed by atoms with Crippen molar-refractivity contribution in [3.63, 3.8) is 0 Å². The van der Waals surface area contributed by atoms with Crippen molar-refractivity contribution in [2.45, 2.75) is 32.8 Å². The van der Waals surface area contributed by atoms with Crippen LogP contribution in [-0.2, 0) is 4.74 Å². The fourth-order valence-electron chi connectivity index (χ4n) is 2.07. The van der Waals surface area contributed by atoms with Crippen LogP contribution in [0.15, 0.2) is 29.3 Å². The minimum Gasteiger partial charge on any atom is -0.462 e. The Morgan fingerprint density at radius 2 is 1.95 bits per heavy atom. The summed E-state index contributed by atoms with van der Waals surface area (Å²) >= 11 is 6.02. The van der Waals surface area contributed by atoms with Crippen molar-refractivity contribution in [3.8, 4) is 0 Å². The molecule has 0 saturated carbocycles. The number of aliphatic imine (C=N–C) groups is 1. The van der Waals surface area contributed by atoms with Gasteiger partial charge in [-0.05, 0) is 38.8 Å². The highest BCUT2D eigenvalue weighted by Gasteiger charge is 2.21. The second kappa shape index (κ2) is 6.75. The van der Waals surface area contributed by atoms with E-state index in [4.69, 9.17) is 16.3 Å². The summed E-state index contributed by atoms with van der Waals surface area (Å²) in [6.07, 6.45) is 2.18. The van der Waals surface area contributed by atoms with E-state index in [-0.39, 0.29) is 12.0 Å². The van der Waals surface area contributed by atoms with Crippen molar-refractivity contribution in [2.24, 2.45) is 4.99 Å². The molecule has 0 spiro atoms. The van der Waals surface area contributed by atoms with Gasteiger partial charge >= 0.3 is 0 Å². The lowest BCUT2D eigenvalue weighted by Gasteiger charge is -2.21. The molecule has 1 aromatic carbocycles. The molecule has 1 amide bonds.